The molecule has 0 atom stereocenters. The Morgan fingerprint density at radius 3 is 2.50 bits per heavy atom. The summed E-state index contributed by atoms with van der Waals surface area (Å²) in [6, 6.07) is 4.32. The average Bonchev–Trinajstić information content (AvgIpc) is 2.60. The lowest BCUT2D eigenvalue weighted by Gasteiger charge is -2.11. The Balaban J connectivity index is 2.59. The third kappa shape index (κ3) is 7.38. The molecule has 0 aromatic heterocycles. The molecule has 1 rings (SSSR count). The van der Waals surface area contributed by atoms with Gasteiger partial charge < -0.3 is 20.1 Å². The minimum absolute atomic E-state index is 0.0187. The Kier molecular flexibility index (Phi) is 9.03. The van der Waals surface area contributed by atoms with Crippen LogP contribution < -0.4 is 20.1 Å². The smallest absolute Gasteiger partial charge is 0.257 e. The first-order valence-electron chi connectivity index (χ1n) is 7.99. The monoisotopic (exact) mass is 387 g/mol. The van der Waals surface area contributed by atoms with E-state index in [0.717, 1.165) is 0 Å². The molecule has 0 saturated heterocycles. The lowest BCUT2D eigenvalue weighted by molar-refractivity contribution is -0.122. The predicted octanol–water partition coefficient (Wildman–Crippen LogP) is -0.449. The molecule has 0 spiro atoms. The number of aryl methyl sites for hydroxylation is 1. The van der Waals surface area contributed by atoms with Crippen LogP contribution in [-0.4, -0.2) is 60.7 Å². The second kappa shape index (κ2) is 10.7. The molecule has 0 aliphatic carbocycles. The number of nitrogens with one attached hydrogen (secondary N) is 3. The molecule has 0 unspecified atom stereocenters. The van der Waals surface area contributed by atoms with Crippen LogP contribution in [0.4, 0.5) is 0 Å². The molecule has 0 saturated carbocycles. The first kappa shape index (κ1) is 21.9. The summed E-state index contributed by atoms with van der Waals surface area (Å²) in [5.74, 6) is -0.129. The van der Waals surface area contributed by atoms with Gasteiger partial charge in [-0.3, -0.25) is 9.59 Å². The summed E-state index contributed by atoms with van der Waals surface area (Å²) in [4.78, 5) is 22.8. The average molecular weight is 387 g/mol. The SMILES string of the molecule is CNC(=O)COc1ccc(S(=O)(=O)NCCC(=O)NCCOC)cc1C. The van der Waals surface area contributed by atoms with Crippen LogP contribution in [0.25, 0.3) is 0 Å². The molecule has 0 aliphatic heterocycles. The summed E-state index contributed by atoms with van der Waals surface area (Å²) in [6.45, 7) is 2.28. The fourth-order valence-corrected chi connectivity index (χ4v) is 3.05. The summed E-state index contributed by atoms with van der Waals surface area (Å²) < 4.78 is 37.1. The zero-order valence-electron chi connectivity index (χ0n) is 15.1. The van der Waals surface area contributed by atoms with E-state index in [4.69, 9.17) is 9.47 Å². The molecule has 1 aromatic carbocycles. The van der Waals surface area contributed by atoms with E-state index in [-0.39, 0.29) is 36.3 Å². The van der Waals surface area contributed by atoms with Crippen molar-refractivity contribution >= 4 is 21.8 Å². The van der Waals surface area contributed by atoms with E-state index in [2.05, 4.69) is 15.4 Å². The number of ether oxygens (including phenoxy) is 2. The quantitative estimate of drug-likeness (QED) is 0.442. The highest BCUT2D eigenvalue weighted by atomic mass is 32.2. The molecule has 3 N–H and O–H groups in total. The Bertz CT molecular complexity index is 721. The Morgan fingerprint density at radius 1 is 1.15 bits per heavy atom. The van der Waals surface area contributed by atoms with E-state index in [1.165, 1.54) is 32.4 Å². The van der Waals surface area contributed by atoms with Crippen LogP contribution in [-0.2, 0) is 24.3 Å². The van der Waals surface area contributed by atoms with Gasteiger partial charge in [-0.05, 0) is 30.7 Å². The van der Waals surface area contributed by atoms with Gasteiger partial charge in [0.2, 0.25) is 15.9 Å². The number of amides is 2. The fourth-order valence-electron chi connectivity index (χ4n) is 1.93. The maximum atomic E-state index is 12.3. The summed E-state index contributed by atoms with van der Waals surface area (Å²) in [5, 5.41) is 5.04. The number of likely N-dealkylation sites (N-methyl/N-ethyl adjacent to an activating group) is 1. The van der Waals surface area contributed by atoms with E-state index in [0.29, 0.717) is 24.5 Å². The maximum Gasteiger partial charge on any atom is 0.257 e. The molecule has 0 fully saturated rings. The van der Waals surface area contributed by atoms with Crippen LogP contribution in [0.5, 0.6) is 5.75 Å². The Labute approximate surface area is 153 Å². The molecule has 10 heteroatoms. The highest BCUT2D eigenvalue weighted by molar-refractivity contribution is 7.89. The maximum absolute atomic E-state index is 12.3. The van der Waals surface area contributed by atoms with Crippen molar-refractivity contribution in [2.24, 2.45) is 0 Å². The van der Waals surface area contributed by atoms with E-state index < -0.39 is 10.0 Å². The van der Waals surface area contributed by atoms with Crippen molar-refractivity contribution in [3.63, 3.8) is 0 Å². The number of hydrogen-bond acceptors (Lipinski definition) is 6. The first-order chi connectivity index (χ1) is 12.3. The Hall–Kier alpha value is -2.17. The normalized spacial score (nSPS) is 11.0. The minimum atomic E-state index is -3.75. The number of rotatable bonds is 11. The van der Waals surface area contributed by atoms with Gasteiger partial charge in [0.25, 0.3) is 5.91 Å². The number of carbonyl (C=O) groups is 2. The molecule has 0 bridgehead atoms. The third-order valence-electron chi connectivity index (χ3n) is 3.37. The van der Waals surface area contributed by atoms with Gasteiger partial charge >= 0.3 is 0 Å². The van der Waals surface area contributed by atoms with E-state index in [1.54, 1.807) is 6.92 Å². The molecule has 0 heterocycles. The van der Waals surface area contributed by atoms with Gasteiger partial charge in [-0.2, -0.15) is 0 Å². The molecule has 2 amide bonds. The van der Waals surface area contributed by atoms with Gasteiger partial charge in [-0.15, -0.1) is 0 Å². The van der Waals surface area contributed by atoms with E-state index in [9.17, 15) is 18.0 Å². The molecule has 0 aliphatic rings. The standard InChI is InChI=1S/C16H25N3O6S/c1-12-10-13(4-5-14(12)25-11-16(21)17-2)26(22,23)19-7-6-15(20)18-8-9-24-3/h4-5,10,19H,6-9,11H2,1-3H3,(H,17,21)(H,18,20). The zero-order valence-corrected chi connectivity index (χ0v) is 15.9. The topological polar surface area (TPSA) is 123 Å². The minimum Gasteiger partial charge on any atom is -0.484 e. The van der Waals surface area contributed by atoms with Gasteiger partial charge in [0.05, 0.1) is 11.5 Å². The third-order valence-corrected chi connectivity index (χ3v) is 4.83. The van der Waals surface area contributed by atoms with Gasteiger partial charge in [0, 0.05) is 33.7 Å². The van der Waals surface area contributed by atoms with Crippen molar-refractivity contribution in [2.45, 2.75) is 18.2 Å². The number of hydrogen-bond donors (Lipinski definition) is 3. The number of carbonyl (C=O) groups excluding carboxylic acids is 2. The lowest BCUT2D eigenvalue weighted by Crippen LogP contribution is -2.32. The number of benzene rings is 1. The van der Waals surface area contributed by atoms with Crippen LogP contribution in [0.1, 0.15) is 12.0 Å². The lowest BCUT2D eigenvalue weighted by atomic mass is 10.2. The largest absolute Gasteiger partial charge is 0.484 e. The van der Waals surface area contributed by atoms with Crippen LogP contribution in [0.2, 0.25) is 0 Å². The van der Waals surface area contributed by atoms with Gasteiger partial charge in [0.15, 0.2) is 6.61 Å². The number of sulfonamides is 1. The second-order valence-corrected chi connectivity index (χ2v) is 7.15. The Morgan fingerprint density at radius 2 is 1.88 bits per heavy atom. The highest BCUT2D eigenvalue weighted by Crippen LogP contribution is 2.21. The van der Waals surface area contributed by atoms with E-state index >= 15 is 0 Å². The molecular weight excluding hydrogens is 362 g/mol. The highest BCUT2D eigenvalue weighted by Gasteiger charge is 2.16. The van der Waals surface area contributed by atoms with Crippen LogP contribution >= 0.6 is 0 Å². The van der Waals surface area contributed by atoms with Crippen molar-refractivity contribution < 1.29 is 27.5 Å². The molecule has 0 radical (unpaired) electrons. The van der Waals surface area contributed by atoms with Crippen molar-refractivity contribution in [1.29, 1.82) is 0 Å². The molecule has 9 nitrogen and oxygen atoms in total. The van der Waals surface area contributed by atoms with E-state index in [1.807, 2.05) is 0 Å². The van der Waals surface area contributed by atoms with Crippen molar-refractivity contribution in [1.82, 2.24) is 15.4 Å². The van der Waals surface area contributed by atoms with Gasteiger partial charge in [-0.1, -0.05) is 0 Å². The zero-order chi connectivity index (χ0) is 19.6. The second-order valence-electron chi connectivity index (χ2n) is 5.38. The van der Waals surface area contributed by atoms with Crippen LogP contribution in [0.3, 0.4) is 0 Å². The molecular formula is C16H25N3O6S. The molecule has 26 heavy (non-hydrogen) atoms. The van der Waals surface area contributed by atoms with Gasteiger partial charge in [0.1, 0.15) is 5.75 Å². The molecule has 1 aromatic rings. The molecule has 146 valence electrons. The van der Waals surface area contributed by atoms with Gasteiger partial charge in [-0.25, -0.2) is 13.1 Å². The van der Waals surface area contributed by atoms with Crippen molar-refractivity contribution in [3.05, 3.63) is 23.8 Å². The van der Waals surface area contributed by atoms with Crippen LogP contribution in [0.15, 0.2) is 23.1 Å². The van der Waals surface area contributed by atoms with Crippen molar-refractivity contribution in [2.75, 3.05) is 40.5 Å². The van der Waals surface area contributed by atoms with Crippen LogP contribution in [0, 0.1) is 6.92 Å². The fraction of sp³-hybridized carbons (Fsp3) is 0.500. The summed E-state index contributed by atoms with van der Waals surface area (Å²) in [5.41, 5.74) is 0.578. The summed E-state index contributed by atoms with van der Waals surface area (Å²) in [7, 11) is -0.723. The number of methoxy groups -OCH3 is 1. The van der Waals surface area contributed by atoms with Crippen molar-refractivity contribution in [3.8, 4) is 5.75 Å². The summed E-state index contributed by atoms with van der Waals surface area (Å²) in [6.07, 6.45) is 0.0231. The predicted molar refractivity (Wildman–Crippen MR) is 95.4 cm³/mol. The summed E-state index contributed by atoms with van der Waals surface area (Å²) >= 11 is 0. The first-order valence-corrected chi connectivity index (χ1v) is 9.47.